The molecular weight excluding hydrogens is 404 g/mol. The molecule has 11 nitrogen and oxygen atoms in total. The average molecular weight is 434 g/mol. The highest BCUT2D eigenvalue weighted by Crippen LogP contribution is 2.30. The minimum absolute atomic E-state index is 0.0159. The van der Waals surface area contributed by atoms with Crippen molar-refractivity contribution in [2.75, 3.05) is 26.1 Å². The molecule has 0 saturated carbocycles. The summed E-state index contributed by atoms with van der Waals surface area (Å²) in [4.78, 5) is 33.6. The van der Waals surface area contributed by atoms with Crippen LogP contribution in [-0.4, -0.2) is 52.6 Å². The van der Waals surface area contributed by atoms with Gasteiger partial charge < -0.3 is 19.5 Å². The van der Waals surface area contributed by atoms with Crippen molar-refractivity contribution in [1.29, 1.82) is 0 Å². The van der Waals surface area contributed by atoms with Crippen LogP contribution in [0.2, 0.25) is 0 Å². The average Bonchev–Trinajstić information content (AvgIpc) is 3.14. The number of nitrogens with zero attached hydrogens (tertiary/aromatic N) is 4. The molecule has 2 aromatic rings. The van der Waals surface area contributed by atoms with E-state index < -0.39 is 17.5 Å². The van der Waals surface area contributed by atoms with Crippen LogP contribution in [0.1, 0.15) is 56.1 Å². The van der Waals surface area contributed by atoms with Crippen molar-refractivity contribution in [3.05, 3.63) is 23.5 Å². The van der Waals surface area contributed by atoms with Gasteiger partial charge in [-0.15, -0.1) is 0 Å². The van der Waals surface area contributed by atoms with Gasteiger partial charge in [0.15, 0.2) is 0 Å². The lowest BCUT2D eigenvalue weighted by atomic mass is 9.88. The quantitative estimate of drug-likeness (QED) is 0.546. The Morgan fingerprint density at radius 2 is 1.81 bits per heavy atom. The maximum Gasteiger partial charge on any atom is 0.341 e. The summed E-state index contributed by atoms with van der Waals surface area (Å²) < 4.78 is 17.0. The third-order valence-corrected chi connectivity index (χ3v) is 4.70. The molecule has 170 valence electrons. The normalized spacial score (nSPS) is 12.6. The molecule has 2 aromatic heterocycles. The van der Waals surface area contributed by atoms with Crippen molar-refractivity contribution in [2.24, 2.45) is 7.05 Å². The number of carbonyl (C=O) groups excluding carboxylic acids is 2. The van der Waals surface area contributed by atoms with E-state index in [4.69, 9.17) is 14.2 Å². The van der Waals surface area contributed by atoms with Crippen molar-refractivity contribution >= 4 is 17.9 Å². The Balaban J connectivity index is 2.34. The number of unbranched alkanes of at least 4 members (excludes halogenated alkanes) is 1. The molecule has 0 radical (unpaired) electrons. The molecule has 0 aliphatic heterocycles. The van der Waals surface area contributed by atoms with Crippen molar-refractivity contribution in [3.63, 3.8) is 0 Å². The number of ether oxygens (including phenoxy) is 3. The summed E-state index contributed by atoms with van der Waals surface area (Å²) in [6, 6.07) is 0.945. The topological polar surface area (TPSA) is 129 Å². The fourth-order valence-electron chi connectivity index (χ4n) is 3.27. The molecule has 0 fully saturated rings. The van der Waals surface area contributed by atoms with Gasteiger partial charge in [0, 0.05) is 7.05 Å². The molecule has 1 atom stereocenters. The largest absolute Gasteiger partial charge is 0.481 e. The Labute approximate surface area is 181 Å². The van der Waals surface area contributed by atoms with Crippen LogP contribution >= 0.6 is 0 Å². The number of methoxy groups -OCH3 is 2. The molecule has 0 aliphatic rings. The van der Waals surface area contributed by atoms with Crippen LogP contribution in [0.15, 0.2) is 12.3 Å². The van der Waals surface area contributed by atoms with Gasteiger partial charge in [0.1, 0.15) is 5.56 Å². The second-order valence-corrected chi connectivity index (χ2v) is 7.04. The predicted octanol–water partition coefficient (Wildman–Crippen LogP) is 2.63. The standard InChI is InChI=1S/C20H30N6O5/c1-7-9-10-20(3,16-13(12-21-26(16)4)17(27)31-8-2)25-19(28)24-18-22-14(29-5)11-15(23-18)30-6/h11-12H,7-10H2,1-6H3,(H2,22,23,24,25,28). The van der Waals surface area contributed by atoms with E-state index in [1.807, 2.05) is 13.8 Å². The van der Waals surface area contributed by atoms with Gasteiger partial charge in [-0.05, 0) is 20.3 Å². The molecule has 1 unspecified atom stereocenters. The molecule has 2 amide bonds. The molecule has 0 bridgehead atoms. The van der Waals surface area contributed by atoms with E-state index in [2.05, 4.69) is 25.7 Å². The van der Waals surface area contributed by atoms with Gasteiger partial charge in [-0.2, -0.15) is 15.1 Å². The zero-order valence-electron chi connectivity index (χ0n) is 18.8. The van der Waals surface area contributed by atoms with Gasteiger partial charge in [-0.25, -0.2) is 9.59 Å². The summed E-state index contributed by atoms with van der Waals surface area (Å²) in [5.41, 5.74) is -0.0441. The maximum atomic E-state index is 12.9. The fraction of sp³-hybridized carbons (Fsp3) is 0.550. The molecular formula is C20H30N6O5. The third-order valence-electron chi connectivity index (χ3n) is 4.70. The fourth-order valence-corrected chi connectivity index (χ4v) is 3.27. The number of urea groups is 1. The zero-order chi connectivity index (χ0) is 23.0. The Kier molecular flexibility index (Phi) is 8.17. The summed E-state index contributed by atoms with van der Waals surface area (Å²) in [5.74, 6) is 0.0119. The van der Waals surface area contributed by atoms with Gasteiger partial charge >= 0.3 is 12.0 Å². The highest BCUT2D eigenvalue weighted by Gasteiger charge is 2.36. The summed E-state index contributed by atoms with van der Waals surface area (Å²) in [5, 5.41) is 9.77. The predicted molar refractivity (Wildman–Crippen MR) is 113 cm³/mol. The molecule has 2 heterocycles. The highest BCUT2D eigenvalue weighted by molar-refractivity contribution is 5.92. The van der Waals surface area contributed by atoms with Gasteiger partial charge in [0.25, 0.3) is 0 Å². The highest BCUT2D eigenvalue weighted by atomic mass is 16.5. The van der Waals surface area contributed by atoms with Crippen molar-refractivity contribution in [1.82, 2.24) is 25.1 Å². The van der Waals surface area contributed by atoms with Gasteiger partial charge in [-0.1, -0.05) is 19.8 Å². The molecule has 2 rings (SSSR count). The number of anilines is 1. The second-order valence-electron chi connectivity index (χ2n) is 7.04. The van der Waals surface area contributed by atoms with Crippen molar-refractivity contribution < 1.29 is 23.8 Å². The van der Waals surface area contributed by atoms with Gasteiger partial charge in [-0.3, -0.25) is 10.00 Å². The molecule has 11 heteroatoms. The number of nitrogens with one attached hydrogen (secondary N) is 2. The first-order chi connectivity index (χ1) is 14.8. The van der Waals surface area contributed by atoms with Gasteiger partial charge in [0.05, 0.1) is 44.3 Å². The van der Waals surface area contributed by atoms with Crippen LogP contribution in [0, 0.1) is 0 Å². The van der Waals surface area contributed by atoms with E-state index in [-0.39, 0.29) is 24.3 Å². The van der Waals surface area contributed by atoms with Crippen LogP contribution < -0.4 is 20.1 Å². The first kappa shape index (κ1) is 23.9. The summed E-state index contributed by atoms with van der Waals surface area (Å²) in [7, 11) is 4.62. The molecule has 0 saturated heterocycles. The lowest BCUT2D eigenvalue weighted by Crippen LogP contribution is -2.47. The maximum absolute atomic E-state index is 12.9. The van der Waals surface area contributed by atoms with E-state index >= 15 is 0 Å². The lowest BCUT2D eigenvalue weighted by molar-refractivity contribution is 0.0521. The van der Waals surface area contributed by atoms with Crippen LogP contribution in [0.4, 0.5) is 10.7 Å². The number of hydrogen-bond acceptors (Lipinski definition) is 8. The van der Waals surface area contributed by atoms with E-state index in [9.17, 15) is 9.59 Å². The summed E-state index contributed by atoms with van der Waals surface area (Å²) in [6.07, 6.45) is 3.74. The first-order valence-corrected chi connectivity index (χ1v) is 10.0. The Morgan fingerprint density at radius 3 is 2.35 bits per heavy atom. The number of carbonyl (C=O) groups is 2. The minimum atomic E-state index is -0.906. The molecule has 31 heavy (non-hydrogen) atoms. The monoisotopic (exact) mass is 434 g/mol. The van der Waals surface area contributed by atoms with Gasteiger partial charge in [0.2, 0.25) is 17.7 Å². The lowest BCUT2D eigenvalue weighted by Gasteiger charge is -2.32. The molecule has 0 spiro atoms. The SMILES string of the molecule is CCCCC(C)(NC(=O)Nc1nc(OC)cc(OC)n1)c1c(C(=O)OCC)cnn1C. The number of amides is 2. The molecule has 2 N–H and O–H groups in total. The number of aryl methyl sites for hydroxylation is 1. The number of aromatic nitrogens is 4. The Bertz CT molecular complexity index is 893. The van der Waals surface area contributed by atoms with Crippen LogP contribution in [0.3, 0.4) is 0 Å². The smallest absolute Gasteiger partial charge is 0.341 e. The Morgan fingerprint density at radius 1 is 1.16 bits per heavy atom. The van der Waals surface area contributed by atoms with Crippen LogP contribution in [-0.2, 0) is 17.3 Å². The molecule has 0 aromatic carbocycles. The van der Waals surface area contributed by atoms with Crippen LogP contribution in [0.5, 0.6) is 11.8 Å². The zero-order valence-corrected chi connectivity index (χ0v) is 18.8. The van der Waals surface area contributed by atoms with Crippen LogP contribution in [0.25, 0.3) is 0 Å². The number of hydrogen-bond donors (Lipinski definition) is 2. The summed E-state index contributed by atoms with van der Waals surface area (Å²) in [6.45, 7) is 5.86. The van der Waals surface area contributed by atoms with E-state index in [0.29, 0.717) is 17.7 Å². The summed E-state index contributed by atoms with van der Waals surface area (Å²) >= 11 is 0. The minimum Gasteiger partial charge on any atom is -0.481 e. The van der Waals surface area contributed by atoms with E-state index in [0.717, 1.165) is 12.8 Å². The Hall–Kier alpha value is -3.37. The van der Waals surface area contributed by atoms with E-state index in [1.54, 1.807) is 18.7 Å². The molecule has 0 aliphatic carbocycles. The second kappa shape index (κ2) is 10.6. The van der Waals surface area contributed by atoms with E-state index in [1.165, 1.54) is 26.5 Å². The number of rotatable bonds is 10. The number of esters is 1. The first-order valence-electron chi connectivity index (χ1n) is 10.0. The van der Waals surface area contributed by atoms with Crippen molar-refractivity contribution in [2.45, 2.75) is 45.6 Å². The van der Waals surface area contributed by atoms with Crippen molar-refractivity contribution in [3.8, 4) is 11.8 Å². The third kappa shape index (κ3) is 5.83.